The van der Waals surface area contributed by atoms with Crippen LogP contribution >= 0.6 is 11.8 Å². The Hall–Kier alpha value is -3.19. The van der Waals surface area contributed by atoms with Gasteiger partial charge in [0.15, 0.2) is 5.17 Å². The molecule has 1 saturated heterocycles. The topological polar surface area (TPSA) is 78.8 Å². The van der Waals surface area contributed by atoms with E-state index in [0.29, 0.717) is 16.4 Å². The van der Waals surface area contributed by atoms with Gasteiger partial charge in [0, 0.05) is 12.5 Å². The Kier molecular flexibility index (Phi) is 4.39. The maximum absolute atomic E-state index is 12.9. The van der Waals surface area contributed by atoms with Gasteiger partial charge in [-0.25, -0.2) is 9.89 Å². The molecule has 0 spiro atoms. The average Bonchev–Trinajstić information content (AvgIpc) is 3.14. The summed E-state index contributed by atoms with van der Waals surface area (Å²) in [6.07, 6.45) is 0. The first kappa shape index (κ1) is 18.2. The molecular formula is C21H17N3O3S. The molecule has 2 aromatic carbocycles. The van der Waals surface area contributed by atoms with Crippen molar-refractivity contribution in [2.45, 2.75) is 20.8 Å². The number of amidine groups is 1. The van der Waals surface area contributed by atoms with E-state index in [1.165, 1.54) is 6.92 Å². The lowest BCUT2D eigenvalue weighted by atomic mass is 10.1. The quantitative estimate of drug-likeness (QED) is 0.755. The number of nitrogens with one attached hydrogen (secondary N) is 1. The number of imide groups is 1. The first-order chi connectivity index (χ1) is 13.4. The minimum Gasteiger partial charge on any atom is -0.300 e. The summed E-state index contributed by atoms with van der Waals surface area (Å²) in [6.45, 7) is 5.30. The summed E-state index contributed by atoms with van der Waals surface area (Å²) >= 11 is 1.12. The van der Waals surface area contributed by atoms with E-state index >= 15 is 0 Å². The molecule has 0 aromatic heterocycles. The molecule has 2 aliphatic heterocycles. The lowest BCUT2D eigenvalue weighted by Gasteiger charge is -2.11. The summed E-state index contributed by atoms with van der Waals surface area (Å²) in [7, 11) is 0. The number of thioether (sulfide) groups is 1. The van der Waals surface area contributed by atoms with Crippen molar-refractivity contribution in [3.63, 3.8) is 0 Å². The van der Waals surface area contributed by atoms with E-state index in [0.717, 1.165) is 33.5 Å². The lowest BCUT2D eigenvalue weighted by Crippen LogP contribution is -2.31. The van der Waals surface area contributed by atoms with Crippen molar-refractivity contribution in [2.75, 3.05) is 4.90 Å². The van der Waals surface area contributed by atoms with Gasteiger partial charge in [0.2, 0.25) is 5.91 Å². The van der Waals surface area contributed by atoms with Crippen LogP contribution in [0.4, 0.5) is 11.4 Å². The number of nitrogens with zero attached hydrogens (tertiary/aromatic N) is 2. The van der Waals surface area contributed by atoms with Gasteiger partial charge in [-0.05, 0) is 48.9 Å². The summed E-state index contributed by atoms with van der Waals surface area (Å²) in [5.74, 6) is -1.27. The van der Waals surface area contributed by atoms with Gasteiger partial charge in [0.25, 0.3) is 11.8 Å². The summed E-state index contributed by atoms with van der Waals surface area (Å²) < 4.78 is 0. The molecule has 2 heterocycles. The van der Waals surface area contributed by atoms with Crippen molar-refractivity contribution in [3.05, 3.63) is 64.1 Å². The Morgan fingerprint density at radius 3 is 2.57 bits per heavy atom. The second-order valence-electron chi connectivity index (χ2n) is 6.57. The van der Waals surface area contributed by atoms with Gasteiger partial charge < -0.3 is 5.32 Å². The second kappa shape index (κ2) is 6.76. The van der Waals surface area contributed by atoms with E-state index in [4.69, 9.17) is 0 Å². The van der Waals surface area contributed by atoms with Crippen LogP contribution in [0.25, 0.3) is 5.57 Å². The van der Waals surface area contributed by atoms with Crippen LogP contribution in [0.3, 0.4) is 0 Å². The van der Waals surface area contributed by atoms with E-state index in [2.05, 4.69) is 10.3 Å². The van der Waals surface area contributed by atoms with E-state index in [1.54, 1.807) is 24.3 Å². The third kappa shape index (κ3) is 2.84. The molecule has 6 nitrogen and oxygen atoms in total. The fraction of sp³-hybridized carbons (Fsp3) is 0.143. The number of hydrogen-bond donors (Lipinski definition) is 1. The van der Waals surface area contributed by atoms with Gasteiger partial charge in [-0.3, -0.25) is 14.4 Å². The highest BCUT2D eigenvalue weighted by Crippen LogP contribution is 2.42. The normalized spacial score (nSPS) is 20.0. The first-order valence-corrected chi connectivity index (χ1v) is 9.53. The third-order valence-electron chi connectivity index (χ3n) is 4.80. The van der Waals surface area contributed by atoms with Crippen LogP contribution in [0.15, 0.2) is 52.4 Å². The maximum atomic E-state index is 12.9. The van der Waals surface area contributed by atoms with Gasteiger partial charge in [0.1, 0.15) is 0 Å². The lowest BCUT2D eigenvalue weighted by molar-refractivity contribution is -0.122. The number of rotatable bonds is 1. The fourth-order valence-corrected chi connectivity index (χ4v) is 4.18. The number of carbonyl (C=O) groups is 3. The first-order valence-electron chi connectivity index (χ1n) is 8.71. The van der Waals surface area contributed by atoms with Crippen molar-refractivity contribution in [1.82, 2.24) is 5.32 Å². The van der Waals surface area contributed by atoms with Gasteiger partial charge in [-0.2, -0.15) is 0 Å². The number of benzene rings is 2. The molecule has 2 aliphatic rings. The number of aliphatic imine (C=N–C) groups is 1. The predicted molar refractivity (Wildman–Crippen MR) is 110 cm³/mol. The Bertz CT molecular complexity index is 1120. The van der Waals surface area contributed by atoms with Gasteiger partial charge >= 0.3 is 0 Å². The third-order valence-corrected chi connectivity index (χ3v) is 5.78. The van der Waals surface area contributed by atoms with Crippen LogP contribution in [0, 0.1) is 13.8 Å². The second-order valence-corrected chi connectivity index (χ2v) is 7.57. The van der Waals surface area contributed by atoms with Gasteiger partial charge in [-0.1, -0.05) is 30.3 Å². The Morgan fingerprint density at radius 2 is 1.82 bits per heavy atom. The van der Waals surface area contributed by atoms with Crippen LogP contribution in [0.1, 0.15) is 23.6 Å². The Balaban J connectivity index is 1.80. The molecule has 3 amide bonds. The zero-order chi connectivity index (χ0) is 20.0. The van der Waals surface area contributed by atoms with Crippen molar-refractivity contribution >= 4 is 51.6 Å². The Labute approximate surface area is 166 Å². The van der Waals surface area contributed by atoms with Crippen molar-refractivity contribution in [1.29, 1.82) is 0 Å². The Morgan fingerprint density at radius 1 is 1.07 bits per heavy atom. The van der Waals surface area contributed by atoms with Gasteiger partial charge in [0.05, 0.1) is 21.9 Å². The monoisotopic (exact) mass is 391 g/mol. The molecular weight excluding hydrogens is 374 g/mol. The van der Waals surface area contributed by atoms with Crippen molar-refractivity contribution < 1.29 is 14.4 Å². The SMILES string of the molecule is CC(=O)N1C(=O)C(=C2SC(=Nc3cccc(C)c3C)NC2=O)c2ccccc21. The van der Waals surface area contributed by atoms with Crippen LogP contribution in [0.5, 0.6) is 0 Å². The predicted octanol–water partition coefficient (Wildman–Crippen LogP) is 3.46. The zero-order valence-corrected chi connectivity index (χ0v) is 16.4. The maximum Gasteiger partial charge on any atom is 0.267 e. The van der Waals surface area contributed by atoms with E-state index in [9.17, 15) is 14.4 Å². The number of anilines is 1. The summed E-state index contributed by atoms with van der Waals surface area (Å²) in [4.78, 5) is 43.4. The molecule has 2 aromatic rings. The molecule has 140 valence electrons. The molecule has 4 rings (SSSR count). The van der Waals surface area contributed by atoms with Gasteiger partial charge in [-0.15, -0.1) is 0 Å². The molecule has 0 radical (unpaired) electrons. The van der Waals surface area contributed by atoms with Crippen molar-refractivity contribution in [2.24, 2.45) is 4.99 Å². The molecule has 1 fully saturated rings. The highest BCUT2D eigenvalue weighted by atomic mass is 32.2. The van der Waals surface area contributed by atoms with Crippen molar-refractivity contribution in [3.8, 4) is 0 Å². The number of amides is 3. The molecule has 0 bridgehead atoms. The zero-order valence-electron chi connectivity index (χ0n) is 15.6. The summed E-state index contributed by atoms with van der Waals surface area (Å²) in [5.41, 5.74) is 4.20. The minimum atomic E-state index is -0.487. The summed E-state index contributed by atoms with van der Waals surface area (Å²) in [5, 5.41) is 3.14. The summed E-state index contributed by atoms with van der Waals surface area (Å²) in [6, 6.07) is 12.8. The molecule has 0 unspecified atom stereocenters. The standard InChI is InChI=1S/C21H17N3O3S/c1-11-7-6-9-15(12(11)2)22-21-23-19(26)18(28-21)17-14-8-4-5-10-16(14)24(13(3)25)20(17)27/h4-10H,1-3H3,(H,22,23,26). The fourth-order valence-electron chi connectivity index (χ4n) is 3.25. The molecule has 0 saturated carbocycles. The molecule has 1 N–H and O–H groups in total. The minimum absolute atomic E-state index is 0.236. The molecule has 7 heteroatoms. The largest absolute Gasteiger partial charge is 0.300 e. The highest BCUT2D eigenvalue weighted by molar-refractivity contribution is 8.18. The molecule has 0 aliphatic carbocycles. The number of para-hydroxylation sites is 1. The highest BCUT2D eigenvalue weighted by Gasteiger charge is 2.40. The number of carbonyl (C=O) groups excluding carboxylic acids is 3. The average molecular weight is 391 g/mol. The molecule has 28 heavy (non-hydrogen) atoms. The number of hydrogen-bond acceptors (Lipinski definition) is 5. The molecule has 0 atom stereocenters. The number of fused-ring (bicyclic) bond motifs is 1. The van der Waals surface area contributed by atoms with Crippen LogP contribution in [-0.2, 0) is 14.4 Å². The van der Waals surface area contributed by atoms with E-state index < -0.39 is 11.8 Å². The van der Waals surface area contributed by atoms with Crippen LogP contribution in [-0.4, -0.2) is 22.9 Å². The van der Waals surface area contributed by atoms with E-state index in [1.807, 2.05) is 32.0 Å². The van der Waals surface area contributed by atoms with Crippen LogP contribution < -0.4 is 10.2 Å². The van der Waals surface area contributed by atoms with Crippen LogP contribution in [0.2, 0.25) is 0 Å². The smallest absolute Gasteiger partial charge is 0.267 e. The van der Waals surface area contributed by atoms with E-state index in [-0.39, 0.29) is 16.4 Å². The number of aryl methyl sites for hydroxylation is 1.